The molecule has 3 nitrogen and oxygen atoms in total. The van der Waals surface area contributed by atoms with E-state index >= 15 is 0 Å². The van der Waals surface area contributed by atoms with E-state index in [0.29, 0.717) is 0 Å². The van der Waals surface area contributed by atoms with Crippen molar-refractivity contribution < 1.29 is 0 Å². The van der Waals surface area contributed by atoms with Gasteiger partial charge < -0.3 is 10.6 Å². The number of pyridine rings is 1. The lowest BCUT2D eigenvalue weighted by atomic mass is 10.00. The first-order valence-corrected chi connectivity index (χ1v) is 6.66. The van der Waals surface area contributed by atoms with Gasteiger partial charge >= 0.3 is 0 Å². The van der Waals surface area contributed by atoms with Gasteiger partial charge in [0.05, 0.1) is 0 Å². The SMILES string of the molecule is Brc1cc(CNC[C@@H]2CCCNC2)ccn1. The summed E-state index contributed by atoms with van der Waals surface area (Å²) in [5.41, 5.74) is 1.28. The third kappa shape index (κ3) is 3.85. The molecule has 16 heavy (non-hydrogen) atoms. The van der Waals surface area contributed by atoms with E-state index in [9.17, 15) is 0 Å². The van der Waals surface area contributed by atoms with Crippen molar-refractivity contribution in [3.05, 3.63) is 28.5 Å². The minimum absolute atomic E-state index is 0.791. The Bertz CT molecular complexity index is 324. The fourth-order valence-electron chi connectivity index (χ4n) is 2.07. The summed E-state index contributed by atoms with van der Waals surface area (Å²) in [6, 6.07) is 4.11. The van der Waals surface area contributed by atoms with E-state index in [-0.39, 0.29) is 0 Å². The lowest BCUT2D eigenvalue weighted by molar-refractivity contribution is 0.360. The van der Waals surface area contributed by atoms with Crippen molar-refractivity contribution in [2.24, 2.45) is 5.92 Å². The van der Waals surface area contributed by atoms with Crippen molar-refractivity contribution >= 4 is 15.9 Å². The van der Waals surface area contributed by atoms with Crippen LogP contribution in [0.15, 0.2) is 22.9 Å². The molecule has 0 saturated carbocycles. The number of nitrogens with zero attached hydrogens (tertiary/aromatic N) is 1. The van der Waals surface area contributed by atoms with Gasteiger partial charge in [0.1, 0.15) is 4.60 Å². The second-order valence-electron chi connectivity index (χ2n) is 4.33. The molecule has 1 atom stereocenters. The zero-order valence-electron chi connectivity index (χ0n) is 9.38. The molecule has 2 heterocycles. The van der Waals surface area contributed by atoms with E-state index in [1.54, 1.807) is 0 Å². The molecule has 88 valence electrons. The van der Waals surface area contributed by atoms with Crippen molar-refractivity contribution in [1.82, 2.24) is 15.6 Å². The highest BCUT2D eigenvalue weighted by Gasteiger charge is 2.11. The van der Waals surface area contributed by atoms with E-state index in [1.165, 1.54) is 24.9 Å². The Morgan fingerprint density at radius 2 is 2.50 bits per heavy atom. The Kier molecular flexibility index (Phi) is 4.75. The quantitative estimate of drug-likeness (QED) is 0.830. The van der Waals surface area contributed by atoms with E-state index < -0.39 is 0 Å². The van der Waals surface area contributed by atoms with Crippen molar-refractivity contribution in [2.45, 2.75) is 19.4 Å². The molecule has 2 N–H and O–H groups in total. The van der Waals surface area contributed by atoms with Gasteiger partial charge in [-0.25, -0.2) is 4.98 Å². The molecule has 0 bridgehead atoms. The first-order chi connectivity index (χ1) is 7.84. The second-order valence-corrected chi connectivity index (χ2v) is 5.14. The highest BCUT2D eigenvalue weighted by atomic mass is 79.9. The summed E-state index contributed by atoms with van der Waals surface area (Å²) < 4.78 is 0.908. The van der Waals surface area contributed by atoms with Crippen molar-refractivity contribution in [2.75, 3.05) is 19.6 Å². The summed E-state index contributed by atoms with van der Waals surface area (Å²) >= 11 is 3.38. The molecule has 0 radical (unpaired) electrons. The maximum Gasteiger partial charge on any atom is 0.106 e. The first-order valence-electron chi connectivity index (χ1n) is 5.86. The summed E-state index contributed by atoms with van der Waals surface area (Å²) in [4.78, 5) is 4.12. The van der Waals surface area contributed by atoms with Gasteiger partial charge in [-0.3, -0.25) is 0 Å². The average Bonchev–Trinajstić information content (AvgIpc) is 2.30. The van der Waals surface area contributed by atoms with Crippen LogP contribution in [0.1, 0.15) is 18.4 Å². The monoisotopic (exact) mass is 283 g/mol. The second kappa shape index (κ2) is 6.33. The van der Waals surface area contributed by atoms with Gasteiger partial charge in [-0.2, -0.15) is 0 Å². The molecule has 0 aromatic carbocycles. The molecule has 0 aliphatic carbocycles. The lowest BCUT2D eigenvalue weighted by Crippen LogP contribution is -2.35. The Morgan fingerprint density at radius 3 is 3.25 bits per heavy atom. The molecular formula is C12H18BrN3. The van der Waals surface area contributed by atoms with Gasteiger partial charge in [0.2, 0.25) is 0 Å². The molecule has 1 aliphatic rings. The summed E-state index contributed by atoms with van der Waals surface area (Å²) in [5, 5.41) is 6.95. The number of hydrogen-bond donors (Lipinski definition) is 2. The molecule has 1 aromatic heterocycles. The van der Waals surface area contributed by atoms with E-state index in [0.717, 1.165) is 30.2 Å². The fourth-order valence-corrected chi connectivity index (χ4v) is 2.48. The van der Waals surface area contributed by atoms with Crippen LogP contribution in [0.3, 0.4) is 0 Å². The Labute approximate surface area is 105 Å². The third-order valence-corrected chi connectivity index (χ3v) is 3.39. The normalized spacial score (nSPS) is 20.9. The Hall–Kier alpha value is -0.450. The summed E-state index contributed by atoms with van der Waals surface area (Å²) in [6.45, 7) is 4.38. The molecule has 0 spiro atoms. The molecule has 1 aliphatic heterocycles. The van der Waals surface area contributed by atoms with Crippen LogP contribution in [0.4, 0.5) is 0 Å². The third-order valence-electron chi connectivity index (χ3n) is 2.95. The van der Waals surface area contributed by atoms with Crippen LogP contribution in [0.25, 0.3) is 0 Å². The van der Waals surface area contributed by atoms with Crippen molar-refractivity contribution in [1.29, 1.82) is 0 Å². The summed E-state index contributed by atoms with van der Waals surface area (Å²) in [7, 11) is 0. The average molecular weight is 284 g/mol. The predicted molar refractivity (Wildman–Crippen MR) is 69.2 cm³/mol. The number of aromatic nitrogens is 1. The standard InChI is InChI=1S/C12H18BrN3/c13-12-6-10(3-5-16-12)7-15-9-11-2-1-4-14-8-11/h3,5-6,11,14-15H,1-2,4,7-9H2/t11-/m1/s1. The van der Waals surface area contributed by atoms with E-state index in [1.807, 2.05) is 6.20 Å². The lowest BCUT2D eigenvalue weighted by Gasteiger charge is -2.22. The highest BCUT2D eigenvalue weighted by Crippen LogP contribution is 2.10. The molecule has 4 heteroatoms. The van der Waals surface area contributed by atoms with Gasteiger partial charge in [0, 0.05) is 12.7 Å². The zero-order chi connectivity index (χ0) is 11.2. The van der Waals surface area contributed by atoms with Crippen LogP contribution >= 0.6 is 15.9 Å². The molecule has 1 saturated heterocycles. The number of piperidine rings is 1. The van der Waals surface area contributed by atoms with Crippen LogP contribution < -0.4 is 10.6 Å². The molecule has 2 rings (SSSR count). The van der Waals surface area contributed by atoms with Crippen LogP contribution in [0.2, 0.25) is 0 Å². The number of hydrogen-bond acceptors (Lipinski definition) is 3. The van der Waals surface area contributed by atoms with Crippen LogP contribution in [-0.4, -0.2) is 24.6 Å². The maximum absolute atomic E-state index is 4.12. The fraction of sp³-hybridized carbons (Fsp3) is 0.583. The van der Waals surface area contributed by atoms with Crippen molar-refractivity contribution in [3.63, 3.8) is 0 Å². The molecular weight excluding hydrogens is 266 g/mol. The maximum atomic E-state index is 4.12. The predicted octanol–water partition coefficient (Wildman–Crippen LogP) is 1.93. The summed E-state index contributed by atoms with van der Waals surface area (Å²) in [6.07, 6.45) is 4.50. The minimum Gasteiger partial charge on any atom is -0.316 e. The number of nitrogens with one attached hydrogen (secondary N) is 2. The minimum atomic E-state index is 0.791. The Balaban J connectivity index is 1.71. The first kappa shape index (κ1) is 12.0. The van der Waals surface area contributed by atoms with Gasteiger partial charge in [0.15, 0.2) is 0 Å². The summed E-state index contributed by atoms with van der Waals surface area (Å²) in [5.74, 6) is 0.791. The van der Waals surface area contributed by atoms with E-state index in [2.05, 4.69) is 43.7 Å². The van der Waals surface area contributed by atoms with Crippen molar-refractivity contribution in [3.8, 4) is 0 Å². The zero-order valence-corrected chi connectivity index (χ0v) is 11.0. The molecule has 1 fully saturated rings. The van der Waals surface area contributed by atoms with Crippen LogP contribution in [0, 0.1) is 5.92 Å². The highest BCUT2D eigenvalue weighted by molar-refractivity contribution is 9.10. The van der Waals surface area contributed by atoms with Crippen LogP contribution in [-0.2, 0) is 6.54 Å². The topological polar surface area (TPSA) is 37.0 Å². The smallest absolute Gasteiger partial charge is 0.106 e. The van der Waals surface area contributed by atoms with Gasteiger partial charge in [0.25, 0.3) is 0 Å². The number of rotatable bonds is 4. The molecule has 1 aromatic rings. The largest absolute Gasteiger partial charge is 0.316 e. The van der Waals surface area contributed by atoms with Gasteiger partial charge in [-0.1, -0.05) is 0 Å². The van der Waals surface area contributed by atoms with Gasteiger partial charge in [-0.05, 0) is 72.0 Å². The van der Waals surface area contributed by atoms with Crippen LogP contribution in [0.5, 0.6) is 0 Å². The molecule has 0 unspecified atom stereocenters. The van der Waals surface area contributed by atoms with Gasteiger partial charge in [-0.15, -0.1) is 0 Å². The Morgan fingerprint density at radius 1 is 1.56 bits per heavy atom. The molecule has 0 amide bonds. The number of halogens is 1. The van der Waals surface area contributed by atoms with E-state index in [4.69, 9.17) is 0 Å².